The lowest BCUT2D eigenvalue weighted by Gasteiger charge is -2.26. The van der Waals surface area contributed by atoms with Crippen LogP contribution in [0.5, 0.6) is 0 Å². The number of amides is 1. The van der Waals surface area contributed by atoms with Gasteiger partial charge in [-0.15, -0.1) is 0 Å². The van der Waals surface area contributed by atoms with Crippen LogP contribution in [0.4, 0.5) is 9.18 Å². The van der Waals surface area contributed by atoms with Crippen molar-refractivity contribution in [3.05, 3.63) is 35.6 Å². The number of hydrogen-bond donors (Lipinski definition) is 0. The van der Waals surface area contributed by atoms with Crippen LogP contribution >= 0.6 is 0 Å². The standard InChI is InChI=1S/C18H22FNO5S/c1-17(2,3)25-16(21)20-10-18-9-13(11-4-6-12(19)7-5-11)14(24-18)8-15(18)26(20,22)23/h4-7,13-15H,8-10H2,1-3H3. The van der Waals surface area contributed by atoms with Crippen molar-refractivity contribution < 1.29 is 27.1 Å². The van der Waals surface area contributed by atoms with Gasteiger partial charge in [0.25, 0.3) is 0 Å². The smallest absolute Gasteiger partial charge is 0.424 e. The first kappa shape index (κ1) is 17.7. The van der Waals surface area contributed by atoms with Crippen LogP contribution in [0, 0.1) is 5.82 Å². The molecule has 3 fully saturated rings. The lowest BCUT2D eigenvalue weighted by atomic mass is 9.77. The Morgan fingerprint density at radius 1 is 1.31 bits per heavy atom. The number of carbonyl (C=O) groups excluding carboxylic acids is 1. The van der Waals surface area contributed by atoms with Crippen molar-refractivity contribution in [1.82, 2.24) is 4.31 Å². The minimum absolute atomic E-state index is 0.000589. The number of nitrogens with zero attached hydrogens (tertiary/aromatic N) is 1. The van der Waals surface area contributed by atoms with Crippen LogP contribution in [0.2, 0.25) is 0 Å². The number of benzene rings is 1. The molecule has 0 saturated carbocycles. The average Bonchev–Trinajstić information content (AvgIpc) is 3.13. The third-order valence-corrected chi connectivity index (χ3v) is 7.64. The van der Waals surface area contributed by atoms with Crippen LogP contribution in [0.3, 0.4) is 0 Å². The van der Waals surface area contributed by atoms with E-state index in [-0.39, 0.29) is 24.4 Å². The maximum absolute atomic E-state index is 13.2. The molecule has 4 atom stereocenters. The summed E-state index contributed by atoms with van der Waals surface area (Å²) in [4.78, 5) is 12.4. The normalized spacial score (nSPS) is 34.8. The Bertz CT molecular complexity index is 847. The fourth-order valence-corrected chi connectivity index (χ4v) is 6.54. The van der Waals surface area contributed by atoms with Gasteiger partial charge in [0.15, 0.2) is 0 Å². The Hall–Kier alpha value is -1.67. The minimum Gasteiger partial charge on any atom is -0.443 e. The molecule has 3 aliphatic heterocycles. The number of hydrogen-bond acceptors (Lipinski definition) is 5. The molecule has 4 rings (SSSR count). The fraction of sp³-hybridized carbons (Fsp3) is 0.611. The minimum atomic E-state index is -3.81. The maximum atomic E-state index is 13.2. The Kier molecular flexibility index (Phi) is 3.70. The van der Waals surface area contributed by atoms with E-state index in [9.17, 15) is 17.6 Å². The van der Waals surface area contributed by atoms with E-state index in [1.165, 1.54) is 12.1 Å². The summed E-state index contributed by atoms with van der Waals surface area (Å²) in [6.45, 7) is 5.06. The van der Waals surface area contributed by atoms with Gasteiger partial charge in [0.05, 0.1) is 12.6 Å². The second-order valence-electron chi connectivity index (χ2n) is 8.34. The van der Waals surface area contributed by atoms with Crippen LogP contribution in [0.1, 0.15) is 45.1 Å². The molecule has 142 valence electrons. The topological polar surface area (TPSA) is 72.9 Å². The van der Waals surface area contributed by atoms with Gasteiger partial charge in [-0.3, -0.25) is 0 Å². The second kappa shape index (κ2) is 5.42. The molecule has 26 heavy (non-hydrogen) atoms. The monoisotopic (exact) mass is 383 g/mol. The fourth-order valence-electron chi connectivity index (χ4n) is 4.39. The Balaban J connectivity index is 1.60. The van der Waals surface area contributed by atoms with Crippen LogP contribution < -0.4 is 0 Å². The average molecular weight is 383 g/mol. The van der Waals surface area contributed by atoms with E-state index >= 15 is 0 Å². The highest BCUT2D eigenvalue weighted by atomic mass is 32.2. The van der Waals surface area contributed by atoms with Crippen molar-refractivity contribution in [2.24, 2.45) is 0 Å². The molecule has 8 heteroatoms. The molecule has 0 radical (unpaired) electrons. The number of carbonyl (C=O) groups is 1. The van der Waals surface area contributed by atoms with Crippen molar-refractivity contribution in [2.75, 3.05) is 6.54 Å². The van der Waals surface area contributed by atoms with E-state index in [0.29, 0.717) is 12.8 Å². The zero-order valence-electron chi connectivity index (χ0n) is 14.9. The van der Waals surface area contributed by atoms with Crippen molar-refractivity contribution in [2.45, 2.75) is 62.1 Å². The summed E-state index contributed by atoms with van der Waals surface area (Å²) in [7, 11) is -3.81. The molecular formula is C18H22FNO5S. The Morgan fingerprint density at radius 2 is 1.96 bits per heavy atom. The van der Waals surface area contributed by atoms with Gasteiger partial charge in [-0.2, -0.15) is 0 Å². The summed E-state index contributed by atoms with van der Waals surface area (Å²) >= 11 is 0. The summed E-state index contributed by atoms with van der Waals surface area (Å²) < 4.78 is 51.1. The van der Waals surface area contributed by atoms with Gasteiger partial charge in [0, 0.05) is 5.92 Å². The predicted octanol–water partition coefficient (Wildman–Crippen LogP) is 2.79. The number of fused-ring (bicyclic) bond motifs is 1. The van der Waals surface area contributed by atoms with E-state index < -0.39 is 32.6 Å². The number of ether oxygens (including phenoxy) is 2. The third kappa shape index (κ3) is 2.62. The second-order valence-corrected chi connectivity index (χ2v) is 10.4. The predicted molar refractivity (Wildman–Crippen MR) is 91.6 cm³/mol. The molecular weight excluding hydrogens is 361 g/mol. The molecule has 2 bridgehead atoms. The van der Waals surface area contributed by atoms with Gasteiger partial charge >= 0.3 is 6.09 Å². The summed E-state index contributed by atoms with van der Waals surface area (Å²) in [6.07, 6.45) is -0.261. The van der Waals surface area contributed by atoms with E-state index in [2.05, 4.69) is 0 Å². The summed E-state index contributed by atoms with van der Waals surface area (Å²) in [6, 6.07) is 6.22. The van der Waals surface area contributed by atoms with E-state index in [0.717, 1.165) is 9.87 Å². The third-order valence-electron chi connectivity index (χ3n) is 5.41. The van der Waals surface area contributed by atoms with Gasteiger partial charge < -0.3 is 9.47 Å². The largest absolute Gasteiger partial charge is 0.443 e. The number of sulfonamides is 1. The highest BCUT2D eigenvalue weighted by Gasteiger charge is 2.69. The molecule has 1 amide bonds. The number of halogens is 1. The molecule has 3 saturated heterocycles. The van der Waals surface area contributed by atoms with Gasteiger partial charge in [0.1, 0.15) is 22.3 Å². The van der Waals surface area contributed by atoms with Crippen molar-refractivity contribution >= 4 is 16.1 Å². The first-order chi connectivity index (χ1) is 12.0. The van der Waals surface area contributed by atoms with Gasteiger partial charge in [0.2, 0.25) is 10.0 Å². The summed E-state index contributed by atoms with van der Waals surface area (Å²) in [5.74, 6) is -0.311. The highest BCUT2D eigenvalue weighted by Crippen LogP contribution is 2.57. The van der Waals surface area contributed by atoms with Crippen LogP contribution in [-0.4, -0.2) is 47.9 Å². The van der Waals surface area contributed by atoms with Crippen molar-refractivity contribution in [1.29, 1.82) is 0 Å². The molecule has 6 nitrogen and oxygen atoms in total. The highest BCUT2D eigenvalue weighted by molar-refractivity contribution is 7.90. The molecule has 1 aromatic carbocycles. The first-order valence-electron chi connectivity index (χ1n) is 8.70. The van der Waals surface area contributed by atoms with Crippen molar-refractivity contribution in [3.63, 3.8) is 0 Å². The molecule has 0 aromatic heterocycles. The molecule has 4 unspecified atom stereocenters. The summed E-state index contributed by atoms with van der Waals surface area (Å²) in [5.41, 5.74) is -0.753. The lowest BCUT2D eigenvalue weighted by Crippen LogP contribution is -2.40. The van der Waals surface area contributed by atoms with Gasteiger partial charge in [-0.05, 0) is 51.3 Å². The van der Waals surface area contributed by atoms with Gasteiger partial charge in [-0.1, -0.05) is 12.1 Å². The Morgan fingerprint density at radius 3 is 2.58 bits per heavy atom. The summed E-state index contributed by atoms with van der Waals surface area (Å²) in [5, 5.41) is -0.732. The zero-order valence-corrected chi connectivity index (χ0v) is 15.8. The van der Waals surface area contributed by atoms with E-state index in [4.69, 9.17) is 9.47 Å². The van der Waals surface area contributed by atoms with Gasteiger partial charge in [-0.25, -0.2) is 21.9 Å². The van der Waals surface area contributed by atoms with Crippen LogP contribution in [-0.2, 0) is 19.5 Å². The van der Waals surface area contributed by atoms with E-state index in [1.807, 2.05) is 0 Å². The SMILES string of the molecule is CC(C)(C)OC(=O)N1CC23CC(c4ccc(F)cc4)C(CC2S1(=O)=O)O3. The Labute approximate surface area is 152 Å². The van der Waals surface area contributed by atoms with Crippen LogP contribution in [0.25, 0.3) is 0 Å². The zero-order chi connectivity index (χ0) is 18.9. The molecule has 1 spiro atoms. The lowest BCUT2D eigenvalue weighted by molar-refractivity contribution is 0.000350. The molecule has 3 heterocycles. The molecule has 1 aromatic rings. The van der Waals surface area contributed by atoms with E-state index in [1.54, 1.807) is 32.9 Å². The molecule has 0 N–H and O–H groups in total. The molecule has 0 aliphatic carbocycles. The number of rotatable bonds is 1. The quantitative estimate of drug-likeness (QED) is 0.746. The maximum Gasteiger partial charge on any atom is 0.424 e. The van der Waals surface area contributed by atoms with Crippen LogP contribution in [0.15, 0.2) is 24.3 Å². The first-order valence-corrected chi connectivity index (χ1v) is 10.2. The molecule has 3 aliphatic rings. The van der Waals surface area contributed by atoms with Crippen molar-refractivity contribution in [3.8, 4) is 0 Å².